The van der Waals surface area contributed by atoms with Gasteiger partial charge < -0.3 is 13.8 Å². The van der Waals surface area contributed by atoms with Crippen molar-refractivity contribution in [1.29, 1.82) is 0 Å². The van der Waals surface area contributed by atoms with Crippen molar-refractivity contribution in [2.75, 3.05) is 7.05 Å². The number of carbonyl (C=O) groups excluding carboxylic acids is 1. The minimum atomic E-state index is -0.148. The number of furan rings is 1. The zero-order valence-electron chi connectivity index (χ0n) is 14.5. The van der Waals surface area contributed by atoms with Crippen LogP contribution in [-0.2, 0) is 0 Å². The predicted octanol–water partition coefficient (Wildman–Crippen LogP) is 3.82. The van der Waals surface area contributed by atoms with Crippen LogP contribution < -0.4 is 0 Å². The van der Waals surface area contributed by atoms with E-state index in [1.165, 1.54) is 0 Å². The van der Waals surface area contributed by atoms with E-state index in [9.17, 15) is 4.79 Å². The molecule has 24 heavy (non-hydrogen) atoms. The van der Waals surface area contributed by atoms with Crippen LogP contribution in [0.25, 0.3) is 5.82 Å². The molecule has 1 unspecified atom stereocenters. The first-order chi connectivity index (χ1) is 11.4. The molecule has 3 aromatic rings. The molecule has 0 radical (unpaired) electrons. The van der Waals surface area contributed by atoms with Crippen LogP contribution in [0.1, 0.15) is 46.2 Å². The predicted molar refractivity (Wildman–Crippen MR) is 89.3 cm³/mol. The highest BCUT2D eigenvalue weighted by Gasteiger charge is 2.25. The summed E-state index contributed by atoms with van der Waals surface area (Å²) in [4.78, 5) is 14.6. The number of carbonyl (C=O) groups is 1. The number of aromatic nitrogens is 2. The van der Waals surface area contributed by atoms with E-state index in [0.29, 0.717) is 11.4 Å². The summed E-state index contributed by atoms with van der Waals surface area (Å²) in [7, 11) is 1.78. The van der Waals surface area contributed by atoms with Gasteiger partial charge in [-0.15, -0.1) is 0 Å². The van der Waals surface area contributed by atoms with Gasteiger partial charge >= 0.3 is 0 Å². The van der Waals surface area contributed by atoms with Gasteiger partial charge in [0.15, 0.2) is 5.82 Å². The molecule has 6 heteroatoms. The quantitative estimate of drug-likeness (QED) is 0.731. The molecule has 0 aliphatic heterocycles. The van der Waals surface area contributed by atoms with E-state index in [2.05, 4.69) is 5.16 Å². The maximum Gasteiger partial charge on any atom is 0.256 e. The lowest BCUT2D eigenvalue weighted by atomic mass is 10.1. The molecule has 1 atom stereocenters. The molecule has 0 aliphatic rings. The van der Waals surface area contributed by atoms with Crippen LogP contribution in [0.2, 0.25) is 0 Å². The second kappa shape index (κ2) is 6.03. The monoisotopic (exact) mass is 327 g/mol. The molecule has 0 N–H and O–H groups in total. The Morgan fingerprint density at radius 3 is 2.62 bits per heavy atom. The lowest BCUT2D eigenvalue weighted by molar-refractivity contribution is 0.0725. The number of aryl methyl sites for hydroxylation is 2. The topological polar surface area (TPSA) is 64.4 Å². The van der Waals surface area contributed by atoms with Crippen molar-refractivity contribution in [1.82, 2.24) is 14.6 Å². The minimum Gasteiger partial charge on any atom is -0.467 e. The standard InChI is InChI=1S/C18H21N3O3/c1-11-9-15(13(3)21(11)17-10-12(2)24-19-17)18(22)20(5)14(4)16-7-6-8-23-16/h6-10,14H,1-5H3. The Hall–Kier alpha value is -2.76. The highest BCUT2D eigenvalue weighted by atomic mass is 16.5. The third kappa shape index (κ3) is 2.64. The summed E-state index contributed by atoms with van der Waals surface area (Å²) in [6.45, 7) is 7.64. The summed E-state index contributed by atoms with van der Waals surface area (Å²) in [5, 5.41) is 4.05. The summed E-state index contributed by atoms with van der Waals surface area (Å²) in [6.07, 6.45) is 1.61. The summed E-state index contributed by atoms with van der Waals surface area (Å²) in [5.41, 5.74) is 2.42. The molecule has 3 rings (SSSR count). The third-order valence-corrected chi connectivity index (χ3v) is 4.36. The minimum absolute atomic E-state index is 0.0570. The van der Waals surface area contributed by atoms with Gasteiger partial charge in [-0.2, -0.15) is 0 Å². The largest absolute Gasteiger partial charge is 0.467 e. The van der Waals surface area contributed by atoms with E-state index in [0.717, 1.165) is 22.9 Å². The van der Waals surface area contributed by atoms with Gasteiger partial charge in [0.25, 0.3) is 5.91 Å². The van der Waals surface area contributed by atoms with E-state index in [1.54, 1.807) is 18.2 Å². The van der Waals surface area contributed by atoms with Gasteiger partial charge in [-0.25, -0.2) is 0 Å². The number of hydrogen-bond donors (Lipinski definition) is 0. The van der Waals surface area contributed by atoms with Gasteiger partial charge in [0.2, 0.25) is 0 Å². The fraction of sp³-hybridized carbons (Fsp3) is 0.333. The fourth-order valence-electron chi connectivity index (χ4n) is 2.88. The highest BCUT2D eigenvalue weighted by molar-refractivity contribution is 5.96. The van der Waals surface area contributed by atoms with Gasteiger partial charge in [-0.3, -0.25) is 9.36 Å². The third-order valence-electron chi connectivity index (χ3n) is 4.36. The molecule has 0 aliphatic carbocycles. The van der Waals surface area contributed by atoms with Gasteiger partial charge in [-0.05, 0) is 45.9 Å². The van der Waals surface area contributed by atoms with E-state index < -0.39 is 0 Å². The first-order valence-corrected chi connectivity index (χ1v) is 7.83. The number of nitrogens with zero attached hydrogens (tertiary/aromatic N) is 3. The normalized spacial score (nSPS) is 12.4. The van der Waals surface area contributed by atoms with Crippen LogP contribution in [0, 0.1) is 20.8 Å². The molecule has 0 saturated heterocycles. The van der Waals surface area contributed by atoms with Crippen molar-refractivity contribution in [2.24, 2.45) is 0 Å². The van der Waals surface area contributed by atoms with Crippen LogP contribution >= 0.6 is 0 Å². The lowest BCUT2D eigenvalue weighted by Gasteiger charge is -2.23. The van der Waals surface area contributed by atoms with Crippen LogP contribution in [0.15, 0.2) is 39.5 Å². The Kier molecular flexibility index (Phi) is 4.05. The van der Waals surface area contributed by atoms with Gasteiger partial charge in [0.1, 0.15) is 11.5 Å². The molecule has 6 nitrogen and oxygen atoms in total. The zero-order chi connectivity index (χ0) is 17.4. The Balaban J connectivity index is 1.94. The zero-order valence-corrected chi connectivity index (χ0v) is 14.5. The van der Waals surface area contributed by atoms with E-state index in [1.807, 2.05) is 56.5 Å². The molecule has 3 heterocycles. The first kappa shape index (κ1) is 16.1. The summed E-state index contributed by atoms with van der Waals surface area (Å²) in [6, 6.07) is 7.28. The highest BCUT2D eigenvalue weighted by Crippen LogP contribution is 2.25. The Bertz CT molecular complexity index is 858. The molecular formula is C18H21N3O3. The van der Waals surface area contributed by atoms with Crippen molar-refractivity contribution in [3.63, 3.8) is 0 Å². The van der Waals surface area contributed by atoms with Gasteiger partial charge in [0, 0.05) is 24.5 Å². The molecule has 126 valence electrons. The van der Waals surface area contributed by atoms with E-state index >= 15 is 0 Å². The SMILES string of the molecule is Cc1cc(-n2c(C)cc(C(=O)N(C)C(C)c3ccco3)c2C)no1. The Morgan fingerprint density at radius 1 is 1.29 bits per heavy atom. The molecule has 0 spiro atoms. The molecule has 1 amide bonds. The summed E-state index contributed by atoms with van der Waals surface area (Å²) >= 11 is 0. The number of hydrogen-bond acceptors (Lipinski definition) is 4. The van der Waals surface area contributed by atoms with E-state index in [4.69, 9.17) is 8.94 Å². The Morgan fingerprint density at radius 2 is 2.04 bits per heavy atom. The second-order valence-corrected chi connectivity index (χ2v) is 6.02. The van der Waals surface area contributed by atoms with Crippen molar-refractivity contribution >= 4 is 5.91 Å². The van der Waals surface area contributed by atoms with Crippen LogP contribution in [0.3, 0.4) is 0 Å². The Labute approximate surface area is 140 Å². The van der Waals surface area contributed by atoms with Crippen LogP contribution in [0.5, 0.6) is 0 Å². The van der Waals surface area contributed by atoms with Crippen LogP contribution in [-0.4, -0.2) is 27.6 Å². The van der Waals surface area contributed by atoms with Crippen molar-refractivity contribution in [2.45, 2.75) is 33.7 Å². The molecule has 0 fully saturated rings. The fourth-order valence-corrected chi connectivity index (χ4v) is 2.88. The molecular weight excluding hydrogens is 306 g/mol. The van der Waals surface area contributed by atoms with Crippen molar-refractivity contribution in [3.05, 3.63) is 59.0 Å². The maximum absolute atomic E-state index is 12.9. The van der Waals surface area contributed by atoms with Crippen LogP contribution in [0.4, 0.5) is 0 Å². The molecule has 0 bridgehead atoms. The van der Waals surface area contributed by atoms with E-state index in [-0.39, 0.29) is 11.9 Å². The van der Waals surface area contributed by atoms with Gasteiger partial charge in [0.05, 0.1) is 17.9 Å². The maximum atomic E-state index is 12.9. The second-order valence-electron chi connectivity index (χ2n) is 6.02. The average molecular weight is 327 g/mol. The number of amides is 1. The smallest absolute Gasteiger partial charge is 0.256 e. The lowest BCUT2D eigenvalue weighted by Crippen LogP contribution is -2.29. The molecule has 3 aromatic heterocycles. The van der Waals surface area contributed by atoms with Crippen molar-refractivity contribution in [3.8, 4) is 5.82 Å². The number of rotatable bonds is 4. The van der Waals surface area contributed by atoms with Crippen molar-refractivity contribution < 1.29 is 13.7 Å². The molecule has 0 aromatic carbocycles. The summed E-state index contributed by atoms with van der Waals surface area (Å²) < 4.78 is 12.5. The molecule has 0 saturated carbocycles. The average Bonchev–Trinajstić information content (AvgIpc) is 3.27. The summed E-state index contributed by atoms with van der Waals surface area (Å²) in [5.74, 6) is 2.11. The first-order valence-electron chi connectivity index (χ1n) is 7.83. The van der Waals surface area contributed by atoms with Gasteiger partial charge in [-0.1, -0.05) is 5.16 Å².